The number of aromatic nitrogens is 1. The first kappa shape index (κ1) is 13.2. The average molecular weight is 284 g/mol. The molecule has 2 aliphatic carbocycles. The molecule has 112 valence electrons. The normalized spacial score (nSPS) is 29.7. The Morgan fingerprint density at radius 3 is 2.76 bits per heavy atom. The number of nitrogens with one attached hydrogen (secondary N) is 1. The Bertz CT molecular complexity index is 644. The second kappa shape index (κ2) is 5.04. The first-order chi connectivity index (χ1) is 10.2. The van der Waals surface area contributed by atoms with Crippen LogP contribution in [0.3, 0.4) is 0 Å². The van der Waals surface area contributed by atoms with Crippen LogP contribution in [0.4, 0.5) is 5.69 Å². The van der Waals surface area contributed by atoms with Crippen molar-refractivity contribution in [3.8, 4) is 0 Å². The minimum atomic E-state index is 0.577. The van der Waals surface area contributed by atoms with E-state index >= 15 is 0 Å². The maximum absolute atomic E-state index is 5.91. The fourth-order valence-electron chi connectivity index (χ4n) is 3.63. The summed E-state index contributed by atoms with van der Waals surface area (Å²) in [5.74, 6) is 3.12. The SMILES string of the molecule is CC1CCC(Nc2ccc3nc(C4CC4)oc3c2)C(C)C1. The molecule has 3 atom stereocenters. The molecule has 21 heavy (non-hydrogen) atoms. The van der Waals surface area contributed by atoms with Crippen molar-refractivity contribution in [2.45, 2.75) is 57.9 Å². The lowest BCUT2D eigenvalue weighted by Gasteiger charge is -2.33. The third-order valence-corrected chi connectivity index (χ3v) is 5.12. The smallest absolute Gasteiger partial charge is 0.198 e. The van der Waals surface area contributed by atoms with Crippen LogP contribution in [0.5, 0.6) is 0 Å². The summed E-state index contributed by atoms with van der Waals surface area (Å²) in [6.07, 6.45) is 6.39. The van der Waals surface area contributed by atoms with Crippen molar-refractivity contribution >= 4 is 16.8 Å². The predicted molar refractivity (Wildman–Crippen MR) is 85.6 cm³/mol. The molecule has 2 fully saturated rings. The van der Waals surface area contributed by atoms with Gasteiger partial charge in [-0.1, -0.05) is 13.8 Å². The predicted octanol–water partition coefficient (Wildman–Crippen LogP) is 4.94. The van der Waals surface area contributed by atoms with Crippen LogP contribution >= 0.6 is 0 Å². The van der Waals surface area contributed by atoms with Gasteiger partial charge < -0.3 is 9.73 Å². The number of nitrogens with zero attached hydrogens (tertiary/aromatic N) is 1. The van der Waals surface area contributed by atoms with Crippen LogP contribution in [0.1, 0.15) is 57.8 Å². The zero-order chi connectivity index (χ0) is 14.4. The van der Waals surface area contributed by atoms with Crippen molar-refractivity contribution in [3.63, 3.8) is 0 Å². The summed E-state index contributed by atoms with van der Waals surface area (Å²) in [6.45, 7) is 4.73. The van der Waals surface area contributed by atoms with E-state index in [1.165, 1.54) is 37.8 Å². The van der Waals surface area contributed by atoms with Gasteiger partial charge in [0.2, 0.25) is 0 Å². The van der Waals surface area contributed by atoms with Crippen LogP contribution in [0, 0.1) is 11.8 Å². The maximum Gasteiger partial charge on any atom is 0.198 e. The van der Waals surface area contributed by atoms with Gasteiger partial charge in [0.25, 0.3) is 0 Å². The molecule has 3 heteroatoms. The number of hydrogen-bond donors (Lipinski definition) is 1. The number of benzene rings is 1. The summed E-state index contributed by atoms with van der Waals surface area (Å²) in [5, 5.41) is 3.71. The van der Waals surface area contributed by atoms with E-state index in [9.17, 15) is 0 Å². The lowest BCUT2D eigenvalue weighted by molar-refractivity contribution is 0.276. The second-order valence-electron chi connectivity index (χ2n) is 7.16. The highest BCUT2D eigenvalue weighted by Gasteiger charge is 2.29. The number of anilines is 1. The van der Waals surface area contributed by atoms with Crippen molar-refractivity contribution in [3.05, 3.63) is 24.1 Å². The Kier molecular flexibility index (Phi) is 3.16. The van der Waals surface area contributed by atoms with Gasteiger partial charge >= 0.3 is 0 Å². The summed E-state index contributed by atoms with van der Waals surface area (Å²) in [7, 11) is 0. The van der Waals surface area contributed by atoms with Crippen LogP contribution in [0.15, 0.2) is 22.6 Å². The monoisotopic (exact) mass is 284 g/mol. The van der Waals surface area contributed by atoms with Gasteiger partial charge in [0, 0.05) is 23.7 Å². The van der Waals surface area contributed by atoms with Crippen LogP contribution in [-0.4, -0.2) is 11.0 Å². The van der Waals surface area contributed by atoms with E-state index in [-0.39, 0.29) is 0 Å². The molecule has 0 bridgehead atoms. The quantitative estimate of drug-likeness (QED) is 0.867. The molecule has 2 aromatic rings. The minimum absolute atomic E-state index is 0.577. The van der Waals surface area contributed by atoms with Gasteiger partial charge in [-0.05, 0) is 56.1 Å². The van der Waals surface area contributed by atoms with Gasteiger partial charge in [-0.2, -0.15) is 0 Å². The fraction of sp³-hybridized carbons (Fsp3) is 0.611. The highest BCUT2D eigenvalue weighted by Crippen LogP contribution is 2.41. The van der Waals surface area contributed by atoms with Gasteiger partial charge in [0.15, 0.2) is 11.5 Å². The Morgan fingerprint density at radius 2 is 2.00 bits per heavy atom. The average Bonchev–Trinajstić information content (AvgIpc) is 3.22. The van der Waals surface area contributed by atoms with Crippen LogP contribution in [0.2, 0.25) is 0 Å². The maximum atomic E-state index is 5.91. The molecular formula is C18H24N2O. The van der Waals surface area contributed by atoms with Crippen molar-refractivity contribution in [2.24, 2.45) is 11.8 Å². The van der Waals surface area contributed by atoms with Crippen molar-refractivity contribution in [1.29, 1.82) is 0 Å². The van der Waals surface area contributed by atoms with Crippen LogP contribution in [0.25, 0.3) is 11.1 Å². The first-order valence-corrected chi connectivity index (χ1v) is 8.36. The zero-order valence-corrected chi connectivity index (χ0v) is 12.9. The van der Waals surface area contributed by atoms with E-state index in [4.69, 9.17) is 4.42 Å². The molecule has 3 nitrogen and oxygen atoms in total. The fourth-order valence-corrected chi connectivity index (χ4v) is 3.63. The number of hydrogen-bond acceptors (Lipinski definition) is 3. The largest absolute Gasteiger partial charge is 0.440 e. The molecule has 3 unspecified atom stereocenters. The van der Waals surface area contributed by atoms with Crippen molar-refractivity contribution in [2.75, 3.05) is 5.32 Å². The Labute approximate surface area is 126 Å². The van der Waals surface area contributed by atoms with Crippen LogP contribution in [-0.2, 0) is 0 Å². The molecule has 1 heterocycles. The van der Waals surface area contributed by atoms with Crippen molar-refractivity contribution in [1.82, 2.24) is 4.98 Å². The minimum Gasteiger partial charge on any atom is -0.440 e. The van der Waals surface area contributed by atoms with Gasteiger partial charge in [0.1, 0.15) is 5.52 Å². The Balaban J connectivity index is 1.53. The van der Waals surface area contributed by atoms with E-state index in [0.29, 0.717) is 12.0 Å². The Hall–Kier alpha value is -1.51. The summed E-state index contributed by atoms with van der Waals surface area (Å²) in [5.41, 5.74) is 3.10. The first-order valence-electron chi connectivity index (χ1n) is 8.36. The van der Waals surface area contributed by atoms with E-state index in [1.54, 1.807) is 0 Å². The lowest BCUT2D eigenvalue weighted by atomic mass is 9.80. The third kappa shape index (κ3) is 2.66. The molecule has 1 N–H and O–H groups in total. The number of fused-ring (bicyclic) bond motifs is 1. The molecule has 0 radical (unpaired) electrons. The highest BCUT2D eigenvalue weighted by molar-refractivity contribution is 5.77. The molecule has 1 aromatic heterocycles. The molecular weight excluding hydrogens is 260 g/mol. The summed E-state index contributed by atoms with van der Waals surface area (Å²) in [6, 6.07) is 6.94. The summed E-state index contributed by atoms with van der Waals surface area (Å²) < 4.78 is 5.91. The molecule has 2 saturated carbocycles. The molecule has 4 rings (SSSR count). The van der Waals surface area contributed by atoms with Crippen LogP contribution < -0.4 is 5.32 Å². The lowest BCUT2D eigenvalue weighted by Crippen LogP contribution is -2.32. The molecule has 1 aromatic carbocycles. The molecule has 0 saturated heterocycles. The summed E-state index contributed by atoms with van der Waals surface area (Å²) in [4.78, 5) is 4.59. The zero-order valence-electron chi connectivity index (χ0n) is 12.9. The standard InChI is InChI=1S/C18H24N2O/c1-11-3-7-15(12(2)9-11)19-14-6-8-16-17(10-14)21-18(20-16)13-4-5-13/h6,8,10-13,15,19H,3-5,7,9H2,1-2H3. The van der Waals surface area contributed by atoms with E-state index < -0.39 is 0 Å². The van der Waals surface area contributed by atoms with Crippen molar-refractivity contribution < 1.29 is 4.42 Å². The van der Waals surface area contributed by atoms with Gasteiger partial charge in [0.05, 0.1) is 0 Å². The second-order valence-corrected chi connectivity index (χ2v) is 7.16. The van der Waals surface area contributed by atoms with E-state index in [2.05, 4.69) is 42.3 Å². The number of rotatable bonds is 3. The topological polar surface area (TPSA) is 38.1 Å². The molecule has 2 aliphatic rings. The number of oxazole rings is 1. The van der Waals surface area contributed by atoms with E-state index in [1.807, 2.05) is 0 Å². The molecule has 0 spiro atoms. The summed E-state index contributed by atoms with van der Waals surface area (Å²) >= 11 is 0. The third-order valence-electron chi connectivity index (χ3n) is 5.12. The molecule has 0 amide bonds. The van der Waals surface area contributed by atoms with Gasteiger partial charge in [-0.3, -0.25) is 0 Å². The molecule has 0 aliphatic heterocycles. The van der Waals surface area contributed by atoms with Gasteiger partial charge in [-0.25, -0.2) is 4.98 Å². The van der Waals surface area contributed by atoms with E-state index in [0.717, 1.165) is 28.8 Å². The highest BCUT2D eigenvalue weighted by atomic mass is 16.3. The Morgan fingerprint density at radius 1 is 1.14 bits per heavy atom. The van der Waals surface area contributed by atoms with Gasteiger partial charge in [-0.15, -0.1) is 0 Å².